The van der Waals surface area contributed by atoms with Crippen molar-refractivity contribution < 1.29 is 4.74 Å². The number of hydrogen-bond donors (Lipinski definition) is 1. The first-order valence-electron chi connectivity index (χ1n) is 7.10. The highest BCUT2D eigenvalue weighted by atomic mass is 16.5. The number of nitrogens with zero attached hydrogens (tertiary/aromatic N) is 2. The zero-order valence-electron chi connectivity index (χ0n) is 11.4. The van der Waals surface area contributed by atoms with E-state index < -0.39 is 0 Å². The van der Waals surface area contributed by atoms with Crippen LogP contribution in [0.3, 0.4) is 0 Å². The van der Waals surface area contributed by atoms with Crippen LogP contribution in [0.25, 0.3) is 10.9 Å². The van der Waals surface area contributed by atoms with Crippen LogP contribution in [0.5, 0.6) is 0 Å². The summed E-state index contributed by atoms with van der Waals surface area (Å²) in [6.07, 6.45) is 3.10. The van der Waals surface area contributed by atoms with Crippen LogP contribution >= 0.6 is 0 Å². The van der Waals surface area contributed by atoms with Gasteiger partial charge in [0.2, 0.25) is 0 Å². The molecule has 1 aromatic carbocycles. The molecule has 0 spiro atoms. The van der Waals surface area contributed by atoms with E-state index in [4.69, 9.17) is 4.74 Å². The van der Waals surface area contributed by atoms with Crippen LogP contribution in [0.4, 0.5) is 0 Å². The highest BCUT2D eigenvalue weighted by Gasteiger charge is 2.25. The van der Waals surface area contributed by atoms with E-state index in [0.717, 1.165) is 32.7 Å². The van der Waals surface area contributed by atoms with Crippen molar-refractivity contribution in [2.75, 3.05) is 19.8 Å². The SMILES string of the molecule is CCNC(Cn1ncc2ccccc21)C1CCOC1. The van der Waals surface area contributed by atoms with E-state index >= 15 is 0 Å². The third kappa shape index (κ3) is 2.65. The van der Waals surface area contributed by atoms with Crippen LogP contribution < -0.4 is 5.32 Å². The van der Waals surface area contributed by atoms with Crippen molar-refractivity contribution in [3.05, 3.63) is 30.5 Å². The number of ether oxygens (including phenoxy) is 1. The minimum absolute atomic E-state index is 0.441. The van der Waals surface area contributed by atoms with Crippen molar-refractivity contribution in [3.63, 3.8) is 0 Å². The van der Waals surface area contributed by atoms with Crippen molar-refractivity contribution in [3.8, 4) is 0 Å². The van der Waals surface area contributed by atoms with Crippen molar-refractivity contribution >= 4 is 10.9 Å². The maximum Gasteiger partial charge on any atom is 0.0683 e. The molecule has 2 atom stereocenters. The molecule has 3 rings (SSSR count). The Bertz CT molecular complexity index is 531. The fraction of sp³-hybridized carbons (Fsp3) is 0.533. The molecule has 102 valence electrons. The first-order chi connectivity index (χ1) is 9.38. The third-order valence-corrected chi connectivity index (χ3v) is 3.92. The van der Waals surface area contributed by atoms with Gasteiger partial charge < -0.3 is 10.1 Å². The van der Waals surface area contributed by atoms with Gasteiger partial charge in [0.1, 0.15) is 0 Å². The number of benzene rings is 1. The smallest absolute Gasteiger partial charge is 0.0683 e. The van der Waals surface area contributed by atoms with Crippen LogP contribution in [0, 0.1) is 5.92 Å². The normalized spacial score (nSPS) is 21.0. The Morgan fingerprint density at radius 2 is 2.37 bits per heavy atom. The lowest BCUT2D eigenvalue weighted by Gasteiger charge is -2.23. The summed E-state index contributed by atoms with van der Waals surface area (Å²) in [5.74, 6) is 0.600. The van der Waals surface area contributed by atoms with Crippen molar-refractivity contribution in [1.29, 1.82) is 0 Å². The summed E-state index contributed by atoms with van der Waals surface area (Å²) in [6, 6.07) is 8.81. The van der Waals surface area contributed by atoms with Gasteiger partial charge in [-0.1, -0.05) is 25.1 Å². The van der Waals surface area contributed by atoms with Crippen LogP contribution in [0.2, 0.25) is 0 Å². The number of para-hydroxylation sites is 1. The number of aromatic nitrogens is 2. The number of fused-ring (bicyclic) bond motifs is 1. The van der Waals surface area contributed by atoms with Crippen molar-refractivity contribution in [1.82, 2.24) is 15.1 Å². The average molecular weight is 259 g/mol. The Balaban J connectivity index is 1.80. The molecule has 1 aliphatic heterocycles. The molecule has 19 heavy (non-hydrogen) atoms. The molecule has 0 amide bonds. The summed E-state index contributed by atoms with van der Waals surface area (Å²) in [6.45, 7) is 5.82. The zero-order valence-corrected chi connectivity index (χ0v) is 11.4. The summed E-state index contributed by atoms with van der Waals surface area (Å²) in [5, 5.41) is 9.32. The van der Waals surface area contributed by atoms with Gasteiger partial charge in [0.15, 0.2) is 0 Å². The summed E-state index contributed by atoms with van der Waals surface area (Å²) < 4.78 is 7.63. The number of nitrogens with one attached hydrogen (secondary N) is 1. The number of rotatable bonds is 5. The lowest BCUT2D eigenvalue weighted by molar-refractivity contribution is 0.173. The van der Waals surface area contributed by atoms with Crippen LogP contribution in [0.1, 0.15) is 13.3 Å². The van der Waals surface area contributed by atoms with Gasteiger partial charge in [0, 0.05) is 24.0 Å². The van der Waals surface area contributed by atoms with E-state index in [9.17, 15) is 0 Å². The molecule has 2 aromatic rings. The minimum Gasteiger partial charge on any atom is -0.381 e. The van der Waals surface area contributed by atoms with E-state index in [1.807, 2.05) is 6.20 Å². The molecule has 1 aromatic heterocycles. The van der Waals surface area contributed by atoms with Crippen LogP contribution in [0.15, 0.2) is 30.5 Å². The van der Waals surface area contributed by atoms with Gasteiger partial charge in [-0.05, 0) is 19.0 Å². The Morgan fingerprint density at radius 3 is 3.16 bits per heavy atom. The van der Waals surface area contributed by atoms with E-state index in [2.05, 4.69) is 46.3 Å². The molecule has 1 saturated heterocycles. The van der Waals surface area contributed by atoms with E-state index in [0.29, 0.717) is 12.0 Å². The second-order valence-electron chi connectivity index (χ2n) is 5.17. The second-order valence-corrected chi connectivity index (χ2v) is 5.17. The van der Waals surface area contributed by atoms with E-state index in [-0.39, 0.29) is 0 Å². The van der Waals surface area contributed by atoms with Gasteiger partial charge in [-0.3, -0.25) is 4.68 Å². The van der Waals surface area contributed by atoms with Crippen LogP contribution in [-0.4, -0.2) is 35.6 Å². The maximum atomic E-state index is 5.52. The van der Waals surface area contributed by atoms with Crippen LogP contribution in [-0.2, 0) is 11.3 Å². The first kappa shape index (κ1) is 12.6. The molecular formula is C15H21N3O. The summed E-state index contributed by atoms with van der Waals surface area (Å²) in [7, 11) is 0. The largest absolute Gasteiger partial charge is 0.381 e. The minimum atomic E-state index is 0.441. The predicted molar refractivity (Wildman–Crippen MR) is 76.1 cm³/mol. The average Bonchev–Trinajstić information content (AvgIpc) is 3.08. The lowest BCUT2D eigenvalue weighted by Crippen LogP contribution is -2.40. The molecular weight excluding hydrogens is 238 g/mol. The maximum absolute atomic E-state index is 5.52. The standard InChI is InChI=1S/C15H21N3O/c1-2-16-14(13-7-8-19-11-13)10-18-15-6-4-3-5-12(15)9-17-18/h3-6,9,13-14,16H,2,7-8,10-11H2,1H3. The first-order valence-corrected chi connectivity index (χ1v) is 7.10. The number of hydrogen-bond acceptors (Lipinski definition) is 3. The number of likely N-dealkylation sites (N-methyl/N-ethyl adjacent to an activating group) is 1. The summed E-state index contributed by atoms with van der Waals surface area (Å²) >= 11 is 0. The monoisotopic (exact) mass is 259 g/mol. The Kier molecular flexibility index (Phi) is 3.80. The fourth-order valence-electron chi connectivity index (χ4n) is 2.87. The van der Waals surface area contributed by atoms with E-state index in [1.54, 1.807) is 0 Å². The van der Waals surface area contributed by atoms with Gasteiger partial charge in [0.05, 0.1) is 24.9 Å². The molecule has 4 nitrogen and oxygen atoms in total. The quantitative estimate of drug-likeness (QED) is 0.893. The topological polar surface area (TPSA) is 39.1 Å². The van der Waals surface area contributed by atoms with Gasteiger partial charge in [-0.25, -0.2) is 0 Å². The molecule has 4 heteroatoms. The zero-order chi connectivity index (χ0) is 13.1. The highest BCUT2D eigenvalue weighted by Crippen LogP contribution is 2.20. The van der Waals surface area contributed by atoms with Crippen molar-refractivity contribution in [2.45, 2.75) is 25.9 Å². The van der Waals surface area contributed by atoms with Gasteiger partial charge in [-0.2, -0.15) is 5.10 Å². The second kappa shape index (κ2) is 5.72. The Hall–Kier alpha value is -1.39. The molecule has 2 unspecified atom stereocenters. The highest BCUT2D eigenvalue weighted by molar-refractivity contribution is 5.78. The molecule has 1 N–H and O–H groups in total. The van der Waals surface area contributed by atoms with Gasteiger partial charge >= 0.3 is 0 Å². The Labute approximate surface area is 113 Å². The van der Waals surface area contributed by atoms with Crippen molar-refractivity contribution in [2.24, 2.45) is 5.92 Å². The predicted octanol–water partition coefficient (Wildman–Crippen LogP) is 2.05. The molecule has 0 bridgehead atoms. The van der Waals surface area contributed by atoms with E-state index in [1.165, 1.54) is 10.9 Å². The molecule has 0 aliphatic carbocycles. The molecule has 0 radical (unpaired) electrons. The van der Waals surface area contributed by atoms with Gasteiger partial charge in [0.25, 0.3) is 0 Å². The van der Waals surface area contributed by atoms with Gasteiger partial charge in [-0.15, -0.1) is 0 Å². The molecule has 1 fully saturated rings. The molecule has 0 saturated carbocycles. The summed E-state index contributed by atoms with van der Waals surface area (Å²) in [4.78, 5) is 0. The molecule has 2 heterocycles. The lowest BCUT2D eigenvalue weighted by atomic mass is 9.99. The Morgan fingerprint density at radius 1 is 1.47 bits per heavy atom. The molecule has 1 aliphatic rings. The fourth-order valence-corrected chi connectivity index (χ4v) is 2.87. The summed E-state index contributed by atoms with van der Waals surface area (Å²) in [5.41, 5.74) is 1.21. The third-order valence-electron chi connectivity index (χ3n) is 3.92.